The monoisotopic (exact) mass is 974 g/mol. The summed E-state index contributed by atoms with van der Waals surface area (Å²) in [7, 11) is 5.31. The van der Waals surface area contributed by atoms with Gasteiger partial charge < -0.3 is 39.0 Å². The second-order valence-electron chi connectivity index (χ2n) is 21.5. The molecule has 10 heterocycles. The number of aromatic nitrogens is 4. The van der Waals surface area contributed by atoms with Crippen molar-refractivity contribution in [2.24, 2.45) is 12.5 Å². The quantitative estimate of drug-likeness (QED) is 0.201. The Kier molecular flexibility index (Phi) is 11.1. The molecule has 5 aromatic rings. The van der Waals surface area contributed by atoms with Gasteiger partial charge in [0.25, 0.3) is 23.3 Å². The summed E-state index contributed by atoms with van der Waals surface area (Å²) >= 11 is 0. The molecule has 2 N–H and O–H groups in total. The van der Waals surface area contributed by atoms with E-state index in [4.69, 9.17) is 9.72 Å². The van der Waals surface area contributed by atoms with Gasteiger partial charge in [-0.2, -0.15) is 0 Å². The molecule has 3 saturated heterocycles. The Balaban J connectivity index is 0.688. The summed E-state index contributed by atoms with van der Waals surface area (Å²) < 4.78 is 10.2. The van der Waals surface area contributed by atoms with E-state index < -0.39 is 11.9 Å². The highest BCUT2D eigenvalue weighted by Crippen LogP contribution is 2.46. The molecule has 0 bridgehead atoms. The van der Waals surface area contributed by atoms with Crippen molar-refractivity contribution in [2.45, 2.75) is 103 Å². The van der Waals surface area contributed by atoms with E-state index in [9.17, 15) is 29.1 Å². The zero-order chi connectivity index (χ0) is 49.9. The minimum absolute atomic E-state index is 0.132. The number of piperidine rings is 2. The first-order valence-electron chi connectivity index (χ1n) is 25.3. The van der Waals surface area contributed by atoms with Gasteiger partial charge in [0.15, 0.2) is 0 Å². The number of likely N-dealkylation sites (tertiary alicyclic amines) is 1. The van der Waals surface area contributed by atoms with Gasteiger partial charge in [-0.3, -0.25) is 38.7 Å². The zero-order valence-electron chi connectivity index (χ0n) is 41.3. The Morgan fingerprint density at radius 1 is 0.889 bits per heavy atom. The van der Waals surface area contributed by atoms with Gasteiger partial charge in [-0.25, -0.2) is 9.97 Å². The average molecular weight is 975 g/mol. The van der Waals surface area contributed by atoms with E-state index in [-0.39, 0.29) is 60.4 Å². The van der Waals surface area contributed by atoms with Crippen LogP contribution >= 0.6 is 0 Å². The average Bonchev–Trinajstić information content (AvgIpc) is 4.00. The van der Waals surface area contributed by atoms with Crippen LogP contribution in [0.1, 0.15) is 89.7 Å². The Hall–Kier alpha value is -7.05. The Labute approximate surface area is 417 Å². The number of aliphatic hydroxyl groups is 1. The number of piperazine rings is 1. The van der Waals surface area contributed by atoms with Gasteiger partial charge >= 0.3 is 0 Å². The second kappa shape index (κ2) is 17.3. The van der Waals surface area contributed by atoms with Crippen LogP contribution in [0, 0.1) is 12.5 Å². The maximum absolute atomic E-state index is 14.0. The molecule has 18 nitrogen and oxygen atoms in total. The highest BCUT2D eigenvalue weighted by Gasteiger charge is 2.45. The molecule has 1 radical (unpaired) electrons. The molecule has 18 heteroatoms. The number of carbonyl (C=O) groups excluding carboxylic acids is 4. The van der Waals surface area contributed by atoms with Crippen LogP contribution in [0.4, 0.5) is 28.7 Å². The smallest absolute Gasteiger partial charge is 0.276 e. The van der Waals surface area contributed by atoms with Crippen LogP contribution < -0.4 is 30.3 Å². The van der Waals surface area contributed by atoms with E-state index in [1.54, 1.807) is 35.3 Å². The summed E-state index contributed by atoms with van der Waals surface area (Å²) in [6.07, 6.45) is 9.54. The lowest BCUT2D eigenvalue weighted by Crippen LogP contribution is -2.59. The van der Waals surface area contributed by atoms with Crippen LogP contribution in [0.25, 0.3) is 11.1 Å². The molecule has 373 valence electrons. The van der Waals surface area contributed by atoms with E-state index in [0.717, 1.165) is 79.4 Å². The number of ether oxygens (including phenoxy) is 1. The zero-order valence-corrected chi connectivity index (χ0v) is 41.3. The van der Waals surface area contributed by atoms with Crippen molar-refractivity contribution in [2.75, 3.05) is 59.3 Å². The van der Waals surface area contributed by atoms with Gasteiger partial charge in [0, 0.05) is 112 Å². The van der Waals surface area contributed by atoms with Crippen LogP contribution in [-0.2, 0) is 49.2 Å². The molecule has 1 aromatic carbocycles. The third-order valence-electron chi connectivity index (χ3n) is 16.4. The SMILES string of the molecule is [CH2]N1C(=O)CC[C@H](N2Cc3c(ccc4c3OC[C@H]3C[C@@H](N5CCN(c6ccc(Nc7cc(-c8ccnc(N9CCn%10c(cc%11c%10CC(C)(C)C%11)C9=O)c8CO)cn(C)c7=O)nc6)[C@@H](C)C5)CCN43)C2=O)C1=O. The molecule has 0 saturated carbocycles. The van der Waals surface area contributed by atoms with Gasteiger partial charge in [0.05, 0.1) is 36.8 Å². The van der Waals surface area contributed by atoms with Gasteiger partial charge in [-0.05, 0) is 98.0 Å². The van der Waals surface area contributed by atoms with Crippen molar-refractivity contribution in [1.82, 2.24) is 33.8 Å². The summed E-state index contributed by atoms with van der Waals surface area (Å²) in [5, 5.41) is 14.1. The molecule has 4 amide bonds. The number of hydrogen-bond donors (Lipinski definition) is 2. The third kappa shape index (κ3) is 7.54. The molecule has 7 aliphatic rings. The second-order valence-corrected chi connectivity index (χ2v) is 21.5. The van der Waals surface area contributed by atoms with Crippen molar-refractivity contribution >= 4 is 52.3 Å². The predicted molar refractivity (Wildman–Crippen MR) is 270 cm³/mol. The minimum Gasteiger partial charge on any atom is -0.489 e. The van der Waals surface area contributed by atoms with Crippen LogP contribution in [0.2, 0.25) is 0 Å². The summed E-state index contributed by atoms with van der Waals surface area (Å²) in [6.45, 7) is 11.8. The van der Waals surface area contributed by atoms with Gasteiger partial charge in [0.2, 0.25) is 5.91 Å². The Morgan fingerprint density at radius 2 is 1.74 bits per heavy atom. The number of pyridine rings is 3. The molecule has 0 spiro atoms. The number of aryl methyl sites for hydroxylation is 1. The number of rotatable bonds is 8. The fourth-order valence-electron chi connectivity index (χ4n) is 12.8. The molecule has 3 fully saturated rings. The molecule has 0 unspecified atom stereocenters. The van der Waals surface area contributed by atoms with Crippen LogP contribution in [-0.4, -0.2) is 126 Å². The first kappa shape index (κ1) is 46.0. The molecule has 4 aromatic heterocycles. The van der Waals surface area contributed by atoms with Gasteiger partial charge in [0.1, 0.15) is 41.4 Å². The fraction of sp³-hybridized carbons (Fsp3) is 0.444. The van der Waals surface area contributed by atoms with Crippen molar-refractivity contribution in [3.05, 3.63) is 112 Å². The van der Waals surface area contributed by atoms with Crippen molar-refractivity contribution in [1.29, 1.82) is 0 Å². The maximum Gasteiger partial charge on any atom is 0.276 e. The lowest BCUT2D eigenvalue weighted by molar-refractivity contribution is -0.148. The number of imide groups is 1. The number of benzene rings is 1. The van der Waals surface area contributed by atoms with Crippen molar-refractivity contribution < 1.29 is 29.0 Å². The van der Waals surface area contributed by atoms with E-state index in [1.165, 1.54) is 15.8 Å². The Morgan fingerprint density at radius 3 is 2.53 bits per heavy atom. The maximum atomic E-state index is 14.0. The van der Waals surface area contributed by atoms with Crippen LogP contribution in [0.15, 0.2) is 65.8 Å². The number of carbonyl (C=O) groups is 4. The number of anilines is 5. The summed E-state index contributed by atoms with van der Waals surface area (Å²) in [4.78, 5) is 87.2. The van der Waals surface area contributed by atoms with E-state index in [2.05, 4.69) is 57.4 Å². The lowest BCUT2D eigenvalue weighted by Gasteiger charge is -2.50. The van der Waals surface area contributed by atoms with Crippen LogP contribution in [0.5, 0.6) is 5.75 Å². The number of aliphatic hydroxyl groups excluding tert-OH is 1. The summed E-state index contributed by atoms with van der Waals surface area (Å²) in [6, 6.07) is 13.5. The number of nitrogens with one attached hydrogen (secondary N) is 1. The van der Waals surface area contributed by atoms with Gasteiger partial charge in [-0.1, -0.05) is 13.8 Å². The molecule has 72 heavy (non-hydrogen) atoms. The number of fused-ring (bicyclic) bond motifs is 8. The largest absolute Gasteiger partial charge is 0.489 e. The number of amides is 4. The molecule has 6 aliphatic heterocycles. The van der Waals surface area contributed by atoms with E-state index in [0.29, 0.717) is 77.4 Å². The first-order valence-corrected chi connectivity index (χ1v) is 25.3. The molecular formula is C54H60N11O7. The first-order chi connectivity index (χ1) is 34.7. The molecule has 12 rings (SSSR count). The number of hydrogen-bond acceptors (Lipinski definition) is 13. The van der Waals surface area contributed by atoms with Crippen LogP contribution in [0.3, 0.4) is 0 Å². The number of nitrogens with zero attached hydrogens (tertiary/aromatic N) is 10. The third-order valence-corrected chi connectivity index (χ3v) is 16.4. The summed E-state index contributed by atoms with van der Waals surface area (Å²) in [5.41, 5.74) is 8.64. The normalized spacial score (nSPS) is 23.7. The summed E-state index contributed by atoms with van der Waals surface area (Å²) in [5.74, 6) is 0.553. The van der Waals surface area contributed by atoms with Crippen molar-refractivity contribution in [3.63, 3.8) is 0 Å². The Bertz CT molecular complexity index is 3150. The van der Waals surface area contributed by atoms with E-state index >= 15 is 0 Å². The lowest BCUT2D eigenvalue weighted by atomic mass is 9.90. The van der Waals surface area contributed by atoms with E-state index in [1.807, 2.05) is 42.6 Å². The van der Waals surface area contributed by atoms with Crippen molar-refractivity contribution in [3.8, 4) is 16.9 Å². The predicted octanol–water partition coefficient (Wildman–Crippen LogP) is 4.87. The molecule has 4 atom stereocenters. The fourth-order valence-corrected chi connectivity index (χ4v) is 12.8. The highest BCUT2D eigenvalue weighted by atomic mass is 16.5. The minimum atomic E-state index is -0.716. The molecular weight excluding hydrogens is 915 g/mol. The highest BCUT2D eigenvalue weighted by molar-refractivity contribution is 6.07. The topological polar surface area (TPSA) is 182 Å². The standard InChI is InChI=1S/C54H60N11O7/c1-31-26-60(34-13-15-62-36(22-34)30-72-48-39-28-65(50(68)38(39)7-8-42(48)62)43-9-11-47(67)59(5)52(43)70)16-17-61(31)35-6-10-46(56-25-35)57-41-20-33(27-58(4)51(41)69)37-12-14-55-49(40(37)29-66)64-19-18-63-44(53(64)71)21-32-23-54(2,3)24-45(32)63/h6-8,10,12,14,20-21,25,27,31,34,36,43,66H,5,9,11,13,15-19,22-24,26,28-30H2,1-4H3,(H,56,57)/t31-,34-,36+,43-/m0/s1. The van der Waals surface area contributed by atoms with Gasteiger partial charge in [-0.15, -0.1) is 0 Å². The molecule has 1 aliphatic carbocycles.